The number of benzene rings is 2. The number of methoxy groups -OCH3 is 1. The Bertz CT molecular complexity index is 873. The van der Waals surface area contributed by atoms with Gasteiger partial charge in [0.15, 0.2) is 5.13 Å². The molecule has 2 aromatic carbocycles. The molecule has 4 nitrogen and oxygen atoms in total. The average Bonchev–Trinajstić information content (AvgIpc) is 3.02. The fourth-order valence-electron chi connectivity index (χ4n) is 2.81. The summed E-state index contributed by atoms with van der Waals surface area (Å²) in [6, 6.07) is 17.8. The zero-order valence-corrected chi connectivity index (χ0v) is 16.0. The summed E-state index contributed by atoms with van der Waals surface area (Å²) in [6.07, 6.45) is 0.431. The third kappa shape index (κ3) is 4.29. The van der Waals surface area contributed by atoms with E-state index in [4.69, 9.17) is 4.74 Å². The summed E-state index contributed by atoms with van der Waals surface area (Å²) in [5.74, 6) is 0.958. The molecule has 3 rings (SSSR count). The lowest BCUT2D eigenvalue weighted by Crippen LogP contribution is -2.14. The van der Waals surface area contributed by atoms with Crippen molar-refractivity contribution in [3.05, 3.63) is 65.0 Å². The molecule has 0 spiro atoms. The summed E-state index contributed by atoms with van der Waals surface area (Å²) in [5, 5.41) is 3.58. The van der Waals surface area contributed by atoms with Crippen LogP contribution in [0, 0.1) is 6.92 Å². The predicted molar refractivity (Wildman–Crippen MR) is 107 cm³/mol. The maximum atomic E-state index is 12.4. The summed E-state index contributed by atoms with van der Waals surface area (Å²) in [4.78, 5) is 18.0. The lowest BCUT2D eigenvalue weighted by molar-refractivity contribution is -0.116. The summed E-state index contributed by atoms with van der Waals surface area (Å²) < 4.78 is 5.19. The third-order valence-corrected chi connectivity index (χ3v) is 5.15. The van der Waals surface area contributed by atoms with Crippen LogP contribution >= 0.6 is 11.3 Å². The zero-order valence-electron chi connectivity index (χ0n) is 15.2. The summed E-state index contributed by atoms with van der Waals surface area (Å²) >= 11 is 1.50. The molecule has 1 atom stereocenters. The minimum atomic E-state index is -0.0172. The average molecular weight is 366 g/mol. The van der Waals surface area contributed by atoms with Gasteiger partial charge < -0.3 is 10.1 Å². The quantitative estimate of drug-likeness (QED) is 0.647. The van der Waals surface area contributed by atoms with Crippen molar-refractivity contribution >= 4 is 22.4 Å². The standard InChI is InChI=1S/C21H22N2O2S/c1-14(16-7-5-4-6-8-16)13-19(24)22-21-23-20(15(2)26-21)17-9-11-18(25-3)12-10-17/h4-12,14H,13H2,1-3H3,(H,22,23,24)/t14-/m1/s1. The molecule has 0 unspecified atom stereocenters. The van der Waals surface area contributed by atoms with Gasteiger partial charge in [0, 0.05) is 16.9 Å². The first-order valence-corrected chi connectivity index (χ1v) is 9.35. The maximum absolute atomic E-state index is 12.4. The smallest absolute Gasteiger partial charge is 0.226 e. The molecule has 26 heavy (non-hydrogen) atoms. The number of aryl methyl sites for hydroxylation is 1. The van der Waals surface area contributed by atoms with Crippen LogP contribution in [0.1, 0.15) is 29.7 Å². The van der Waals surface area contributed by atoms with E-state index < -0.39 is 0 Å². The molecule has 0 aliphatic heterocycles. The van der Waals surface area contributed by atoms with Crippen LogP contribution in [-0.2, 0) is 4.79 Å². The molecule has 1 aromatic heterocycles. The summed E-state index contributed by atoms with van der Waals surface area (Å²) in [5.41, 5.74) is 3.07. The SMILES string of the molecule is COc1ccc(-c2nc(NC(=O)C[C@@H](C)c3ccccc3)sc2C)cc1. The van der Waals surface area contributed by atoms with E-state index in [9.17, 15) is 4.79 Å². The van der Waals surface area contributed by atoms with E-state index in [1.54, 1.807) is 7.11 Å². The molecule has 0 fully saturated rings. The number of amides is 1. The Morgan fingerprint density at radius 3 is 2.50 bits per heavy atom. The van der Waals surface area contributed by atoms with Crippen LogP contribution in [0.2, 0.25) is 0 Å². The van der Waals surface area contributed by atoms with Crippen LogP contribution in [0.4, 0.5) is 5.13 Å². The van der Waals surface area contributed by atoms with Gasteiger partial charge in [-0.3, -0.25) is 4.79 Å². The van der Waals surface area contributed by atoms with E-state index in [2.05, 4.69) is 17.2 Å². The summed E-state index contributed by atoms with van der Waals surface area (Å²) in [6.45, 7) is 4.07. The molecular weight excluding hydrogens is 344 g/mol. The fraction of sp³-hybridized carbons (Fsp3) is 0.238. The van der Waals surface area contributed by atoms with Crippen molar-refractivity contribution in [3.63, 3.8) is 0 Å². The van der Waals surface area contributed by atoms with Gasteiger partial charge in [0.1, 0.15) is 5.75 Å². The van der Waals surface area contributed by atoms with E-state index in [0.717, 1.165) is 27.4 Å². The van der Waals surface area contributed by atoms with Crippen molar-refractivity contribution in [2.45, 2.75) is 26.2 Å². The highest BCUT2D eigenvalue weighted by Gasteiger charge is 2.15. The minimum Gasteiger partial charge on any atom is -0.497 e. The lowest BCUT2D eigenvalue weighted by atomic mass is 9.98. The van der Waals surface area contributed by atoms with Gasteiger partial charge in [-0.1, -0.05) is 37.3 Å². The number of thiazole rings is 1. The Hall–Kier alpha value is -2.66. The van der Waals surface area contributed by atoms with Gasteiger partial charge in [0.25, 0.3) is 0 Å². The molecule has 0 bridgehead atoms. The van der Waals surface area contributed by atoms with Gasteiger partial charge in [0.05, 0.1) is 12.8 Å². The zero-order chi connectivity index (χ0) is 18.5. The van der Waals surface area contributed by atoms with Crippen molar-refractivity contribution in [3.8, 4) is 17.0 Å². The minimum absolute atomic E-state index is 0.0172. The van der Waals surface area contributed by atoms with Crippen molar-refractivity contribution in [2.24, 2.45) is 0 Å². The van der Waals surface area contributed by atoms with Gasteiger partial charge in [-0.15, -0.1) is 11.3 Å². The molecule has 1 heterocycles. The Morgan fingerprint density at radius 2 is 1.85 bits per heavy atom. The second kappa shape index (κ2) is 8.15. The van der Waals surface area contributed by atoms with Crippen molar-refractivity contribution in [1.29, 1.82) is 0 Å². The number of nitrogens with one attached hydrogen (secondary N) is 1. The fourth-order valence-corrected chi connectivity index (χ4v) is 3.67. The maximum Gasteiger partial charge on any atom is 0.226 e. The number of carbonyl (C=O) groups is 1. The first kappa shape index (κ1) is 18.1. The highest BCUT2D eigenvalue weighted by molar-refractivity contribution is 7.16. The number of hydrogen-bond donors (Lipinski definition) is 1. The first-order chi connectivity index (χ1) is 12.6. The van der Waals surface area contributed by atoms with Gasteiger partial charge in [0.2, 0.25) is 5.91 Å². The van der Waals surface area contributed by atoms with E-state index >= 15 is 0 Å². The second-order valence-corrected chi connectivity index (χ2v) is 7.42. The van der Waals surface area contributed by atoms with Crippen molar-refractivity contribution in [2.75, 3.05) is 12.4 Å². The van der Waals surface area contributed by atoms with Gasteiger partial charge in [-0.05, 0) is 42.7 Å². The van der Waals surface area contributed by atoms with Crippen LogP contribution < -0.4 is 10.1 Å². The Kier molecular flexibility index (Phi) is 5.68. The number of rotatable bonds is 6. The van der Waals surface area contributed by atoms with E-state index in [1.165, 1.54) is 11.3 Å². The highest BCUT2D eigenvalue weighted by atomic mass is 32.1. The molecule has 0 aliphatic rings. The number of carbonyl (C=O) groups excluding carboxylic acids is 1. The Balaban J connectivity index is 1.67. The van der Waals surface area contributed by atoms with Gasteiger partial charge in [-0.2, -0.15) is 0 Å². The molecule has 5 heteroatoms. The van der Waals surface area contributed by atoms with E-state index in [1.807, 2.05) is 61.5 Å². The molecule has 134 valence electrons. The largest absolute Gasteiger partial charge is 0.497 e. The van der Waals surface area contributed by atoms with Gasteiger partial charge in [-0.25, -0.2) is 4.98 Å². The molecule has 1 amide bonds. The van der Waals surface area contributed by atoms with Crippen molar-refractivity contribution < 1.29 is 9.53 Å². The normalized spacial score (nSPS) is 11.8. The van der Waals surface area contributed by atoms with E-state index in [-0.39, 0.29) is 11.8 Å². The van der Waals surface area contributed by atoms with Crippen LogP contribution in [0.25, 0.3) is 11.3 Å². The highest BCUT2D eigenvalue weighted by Crippen LogP contribution is 2.31. The first-order valence-electron chi connectivity index (χ1n) is 8.53. The second-order valence-electron chi connectivity index (χ2n) is 6.22. The Morgan fingerprint density at radius 1 is 1.15 bits per heavy atom. The molecule has 1 N–H and O–H groups in total. The number of hydrogen-bond acceptors (Lipinski definition) is 4. The molecule has 0 saturated carbocycles. The van der Waals surface area contributed by atoms with Crippen molar-refractivity contribution in [1.82, 2.24) is 4.98 Å². The summed E-state index contributed by atoms with van der Waals surface area (Å²) in [7, 11) is 1.65. The monoisotopic (exact) mass is 366 g/mol. The Labute approximate surface area is 157 Å². The van der Waals surface area contributed by atoms with Crippen LogP contribution in [-0.4, -0.2) is 18.0 Å². The van der Waals surface area contributed by atoms with Crippen LogP contribution in [0.15, 0.2) is 54.6 Å². The molecular formula is C21H22N2O2S. The molecule has 0 saturated heterocycles. The number of ether oxygens (including phenoxy) is 1. The molecule has 3 aromatic rings. The van der Waals surface area contributed by atoms with Crippen LogP contribution in [0.5, 0.6) is 5.75 Å². The molecule has 0 radical (unpaired) electrons. The predicted octanol–water partition coefficient (Wildman–Crippen LogP) is 5.26. The topological polar surface area (TPSA) is 51.2 Å². The van der Waals surface area contributed by atoms with E-state index in [0.29, 0.717) is 11.6 Å². The molecule has 0 aliphatic carbocycles. The van der Waals surface area contributed by atoms with Crippen LogP contribution in [0.3, 0.4) is 0 Å². The third-order valence-electron chi connectivity index (χ3n) is 4.27. The number of aromatic nitrogens is 1. The number of nitrogens with zero attached hydrogens (tertiary/aromatic N) is 1. The van der Waals surface area contributed by atoms with Gasteiger partial charge >= 0.3 is 0 Å². The number of anilines is 1. The lowest BCUT2D eigenvalue weighted by Gasteiger charge is -2.10.